The third kappa shape index (κ3) is 10.5. The molecular formula is C37H64I6. The van der Waals surface area contributed by atoms with E-state index in [1.807, 2.05) is 0 Å². The minimum absolute atomic E-state index is 0.280. The van der Waals surface area contributed by atoms with Gasteiger partial charge in [-0.1, -0.05) is 229 Å². The zero-order chi connectivity index (χ0) is 32.2. The van der Waals surface area contributed by atoms with Crippen LogP contribution < -0.4 is 0 Å². The first-order valence-electron chi connectivity index (χ1n) is 18.3. The van der Waals surface area contributed by atoms with E-state index in [1.165, 1.54) is 109 Å². The molecule has 0 aromatic rings. The molecule has 0 saturated heterocycles. The van der Waals surface area contributed by atoms with Crippen LogP contribution in [0.3, 0.4) is 0 Å². The quantitative estimate of drug-likeness (QED) is 0.0948. The average Bonchev–Trinajstić information content (AvgIpc) is 3.84. The molecule has 0 nitrogen and oxygen atoms in total. The van der Waals surface area contributed by atoms with Gasteiger partial charge in [0.2, 0.25) is 0 Å². The second kappa shape index (κ2) is 18.2. The molecule has 0 N–H and O–H groups in total. The Morgan fingerprint density at radius 1 is 0.605 bits per heavy atom. The molecule has 0 aliphatic heterocycles. The average molecular weight is 1270 g/mol. The Bertz CT molecular complexity index is 841. The smallest absolute Gasteiger partial charge is 0.0669 e. The summed E-state index contributed by atoms with van der Waals surface area (Å²) in [6, 6.07) is 0. The van der Waals surface area contributed by atoms with Crippen molar-refractivity contribution in [3.05, 3.63) is 0 Å². The molecule has 3 rings (SSSR count). The molecule has 3 aliphatic rings. The molecule has 10 atom stereocenters. The van der Waals surface area contributed by atoms with Gasteiger partial charge in [0, 0.05) is 0 Å². The van der Waals surface area contributed by atoms with Crippen molar-refractivity contribution >= 4 is 136 Å². The van der Waals surface area contributed by atoms with Crippen LogP contribution in [0, 0.1) is 58.7 Å². The Morgan fingerprint density at radius 3 is 1.58 bits per heavy atom. The molecule has 0 amide bonds. The van der Waals surface area contributed by atoms with E-state index >= 15 is 0 Å². The van der Waals surface area contributed by atoms with Crippen LogP contribution in [0.5, 0.6) is 0 Å². The SMILES string of the molecule is CCC(CC(CC)CC1CC1(I)I)CC(CC)CC(CC)C(I)(I)C(I)(I)C12CC(CC)CC(CC)CC(CC)CC1C2. The zero-order valence-corrected chi connectivity index (χ0v) is 41.4. The summed E-state index contributed by atoms with van der Waals surface area (Å²) in [5.74, 6) is 8.24. The first kappa shape index (κ1) is 41.8. The molecule has 0 bridgehead atoms. The first-order chi connectivity index (χ1) is 20.2. The fourth-order valence-corrected chi connectivity index (χ4v) is 16.0. The van der Waals surface area contributed by atoms with Crippen LogP contribution in [0.2, 0.25) is 0 Å². The van der Waals surface area contributed by atoms with Crippen molar-refractivity contribution in [3.63, 3.8) is 0 Å². The van der Waals surface area contributed by atoms with E-state index in [1.54, 1.807) is 0 Å². The van der Waals surface area contributed by atoms with Crippen molar-refractivity contribution < 1.29 is 0 Å². The standard InChI is InChI=1S/C37H64I6/c1-8-25(16-29(12-5)21-33-24-35(33,38)39)15-27(10-3)19-31(14-7)36(40,41)37(42,43)34-22-30(13-6)18-26(9-2)17-28(11-4)20-32(34)23-34/h25-33H,8-24H2,1-7H3. The lowest BCUT2D eigenvalue weighted by atomic mass is 9.76. The fraction of sp³-hybridized carbons (Fsp3) is 1.00. The van der Waals surface area contributed by atoms with Gasteiger partial charge in [-0.05, 0) is 123 Å². The summed E-state index contributed by atoms with van der Waals surface area (Å²) in [5, 5.41) is 0. The number of halogens is 6. The number of hydrogen-bond donors (Lipinski definition) is 0. The predicted molar refractivity (Wildman–Crippen MR) is 244 cm³/mol. The maximum absolute atomic E-state index is 3.04. The molecule has 6 heteroatoms. The van der Waals surface area contributed by atoms with Gasteiger partial charge in [0.05, 0.1) is 1.43 Å². The van der Waals surface area contributed by atoms with Crippen LogP contribution in [0.1, 0.15) is 158 Å². The lowest BCUT2D eigenvalue weighted by Gasteiger charge is -2.48. The van der Waals surface area contributed by atoms with Crippen LogP contribution in [0.25, 0.3) is 0 Å². The molecule has 3 aliphatic carbocycles. The molecule has 0 spiro atoms. The summed E-state index contributed by atoms with van der Waals surface area (Å²) >= 11 is 17.5. The highest BCUT2D eigenvalue weighted by atomic mass is 127. The number of alkyl halides is 6. The third-order valence-corrected chi connectivity index (χ3v) is 26.9. The van der Waals surface area contributed by atoms with Gasteiger partial charge in [-0.2, -0.15) is 0 Å². The monoisotopic (exact) mass is 1270 g/mol. The van der Waals surface area contributed by atoms with Crippen LogP contribution in [-0.2, 0) is 0 Å². The summed E-state index contributed by atoms with van der Waals surface area (Å²) in [6.45, 7) is 17.4. The van der Waals surface area contributed by atoms with E-state index < -0.39 is 0 Å². The number of rotatable bonds is 18. The van der Waals surface area contributed by atoms with Crippen molar-refractivity contribution in [2.24, 2.45) is 58.7 Å². The third-order valence-electron chi connectivity index (χ3n) is 12.9. The van der Waals surface area contributed by atoms with Crippen molar-refractivity contribution in [3.8, 4) is 0 Å². The molecule has 0 radical (unpaired) electrons. The second-order valence-corrected chi connectivity index (χ2v) is 32.2. The summed E-state index contributed by atoms with van der Waals surface area (Å²) < 4.78 is 1.15. The Kier molecular flexibility index (Phi) is 17.7. The molecule has 3 fully saturated rings. The maximum atomic E-state index is 3.04. The summed E-state index contributed by atoms with van der Waals surface area (Å²) in [6.07, 6.45) is 24.3. The summed E-state index contributed by atoms with van der Waals surface area (Å²) in [4.78, 5) is 0. The molecule has 254 valence electrons. The minimum Gasteiger partial charge on any atom is -0.0669 e. The Morgan fingerprint density at radius 2 is 1.09 bits per heavy atom. The maximum Gasteiger partial charge on any atom is 0.103 e. The Labute approximate surface area is 350 Å². The molecule has 43 heavy (non-hydrogen) atoms. The summed E-state index contributed by atoms with van der Waals surface area (Å²) in [7, 11) is 0. The van der Waals surface area contributed by atoms with Crippen LogP contribution >= 0.6 is 136 Å². The van der Waals surface area contributed by atoms with Gasteiger partial charge in [0.1, 0.15) is 2.86 Å². The number of hydrogen-bond acceptors (Lipinski definition) is 0. The highest BCUT2D eigenvalue weighted by Crippen LogP contribution is 2.77. The van der Waals surface area contributed by atoms with E-state index in [0.717, 1.165) is 53.3 Å². The molecular weight excluding hydrogens is 1210 g/mol. The Hall–Kier alpha value is 4.38. The first-order valence-corrected chi connectivity index (χ1v) is 24.8. The van der Waals surface area contributed by atoms with E-state index in [-0.39, 0.29) is 1.43 Å². The van der Waals surface area contributed by atoms with Crippen LogP contribution in [0.4, 0.5) is 0 Å². The van der Waals surface area contributed by atoms with Gasteiger partial charge in [-0.25, -0.2) is 0 Å². The van der Waals surface area contributed by atoms with Crippen molar-refractivity contribution in [2.75, 3.05) is 0 Å². The van der Waals surface area contributed by atoms with Crippen molar-refractivity contribution in [1.29, 1.82) is 0 Å². The largest absolute Gasteiger partial charge is 0.103 e. The lowest BCUT2D eigenvalue weighted by molar-refractivity contribution is 0.225. The molecule has 0 heterocycles. The van der Waals surface area contributed by atoms with E-state index in [2.05, 4.69) is 184 Å². The molecule has 0 aromatic heterocycles. The topological polar surface area (TPSA) is 0 Å². The minimum atomic E-state index is 0.280. The van der Waals surface area contributed by atoms with Gasteiger partial charge in [-0.15, -0.1) is 0 Å². The van der Waals surface area contributed by atoms with Crippen LogP contribution in [0.15, 0.2) is 0 Å². The lowest BCUT2D eigenvalue weighted by Crippen LogP contribution is -2.49. The zero-order valence-electron chi connectivity index (χ0n) is 28.5. The van der Waals surface area contributed by atoms with Crippen LogP contribution in [-0.4, -0.2) is 4.29 Å². The highest BCUT2D eigenvalue weighted by molar-refractivity contribution is 14.2. The number of fused-ring (bicyclic) bond motifs is 1. The highest BCUT2D eigenvalue weighted by Gasteiger charge is 2.71. The second-order valence-electron chi connectivity index (χ2n) is 15.5. The van der Waals surface area contributed by atoms with Gasteiger partial charge < -0.3 is 0 Å². The molecule has 3 saturated carbocycles. The Balaban J connectivity index is 1.75. The fourth-order valence-electron chi connectivity index (χ4n) is 9.29. The predicted octanol–water partition coefficient (Wildman–Crippen LogP) is 16.0. The van der Waals surface area contributed by atoms with Crippen molar-refractivity contribution in [2.45, 2.75) is 162 Å². The summed E-state index contributed by atoms with van der Waals surface area (Å²) in [5.41, 5.74) is 0.526. The normalized spacial score (nSPS) is 33.8. The van der Waals surface area contributed by atoms with Crippen molar-refractivity contribution in [1.82, 2.24) is 0 Å². The van der Waals surface area contributed by atoms with Gasteiger partial charge in [0.25, 0.3) is 0 Å². The van der Waals surface area contributed by atoms with E-state index in [9.17, 15) is 0 Å². The molecule has 0 aromatic carbocycles. The van der Waals surface area contributed by atoms with Gasteiger partial charge >= 0.3 is 0 Å². The van der Waals surface area contributed by atoms with E-state index in [4.69, 9.17) is 0 Å². The molecule has 10 unspecified atom stereocenters. The van der Waals surface area contributed by atoms with Gasteiger partial charge in [-0.3, -0.25) is 0 Å². The van der Waals surface area contributed by atoms with Gasteiger partial charge in [0.15, 0.2) is 0 Å². The van der Waals surface area contributed by atoms with E-state index in [0.29, 0.717) is 8.27 Å².